The number of methoxy groups -OCH3 is 1. The van der Waals surface area contributed by atoms with Crippen molar-refractivity contribution in [2.24, 2.45) is 0 Å². The minimum absolute atomic E-state index is 0.0532. The smallest absolute Gasteiger partial charge is 0.336 e. The molecule has 0 atom stereocenters. The number of carboxylic acid groups (broad SMARTS) is 2. The highest BCUT2D eigenvalue weighted by atomic mass is 16.5. The van der Waals surface area contributed by atoms with Gasteiger partial charge in [0, 0.05) is 5.56 Å². The summed E-state index contributed by atoms with van der Waals surface area (Å²) in [5, 5.41) is 26.9. The second-order valence-electron chi connectivity index (χ2n) is 3.02. The summed E-state index contributed by atoms with van der Waals surface area (Å²) in [6.07, 6.45) is -0.529. The SMILES string of the molecule is COc1c(O)ccc(C(=O)O)c1CC(=O)O. The molecule has 1 rings (SSSR count). The van der Waals surface area contributed by atoms with Gasteiger partial charge in [0.2, 0.25) is 0 Å². The van der Waals surface area contributed by atoms with Crippen LogP contribution in [0.15, 0.2) is 12.1 Å². The van der Waals surface area contributed by atoms with Crippen molar-refractivity contribution in [3.63, 3.8) is 0 Å². The van der Waals surface area contributed by atoms with Crippen molar-refractivity contribution in [3.05, 3.63) is 23.3 Å². The Morgan fingerprint density at radius 3 is 2.38 bits per heavy atom. The van der Waals surface area contributed by atoms with E-state index in [1.165, 1.54) is 7.11 Å². The molecule has 0 unspecified atom stereocenters. The number of hydrogen-bond acceptors (Lipinski definition) is 4. The largest absolute Gasteiger partial charge is 0.504 e. The Balaban J connectivity index is 3.40. The van der Waals surface area contributed by atoms with Crippen LogP contribution in [-0.4, -0.2) is 34.4 Å². The topological polar surface area (TPSA) is 104 Å². The Labute approximate surface area is 90.7 Å². The molecule has 1 aromatic carbocycles. The molecule has 16 heavy (non-hydrogen) atoms. The van der Waals surface area contributed by atoms with Crippen molar-refractivity contribution in [2.45, 2.75) is 6.42 Å². The molecule has 0 aliphatic rings. The zero-order valence-corrected chi connectivity index (χ0v) is 8.43. The number of carbonyl (C=O) groups is 2. The number of benzene rings is 1. The molecule has 0 bridgehead atoms. The third kappa shape index (κ3) is 2.22. The van der Waals surface area contributed by atoms with E-state index in [9.17, 15) is 14.7 Å². The number of phenols is 1. The summed E-state index contributed by atoms with van der Waals surface area (Å²) in [6.45, 7) is 0. The molecule has 0 saturated carbocycles. The van der Waals surface area contributed by atoms with E-state index < -0.39 is 18.4 Å². The fraction of sp³-hybridized carbons (Fsp3) is 0.200. The van der Waals surface area contributed by atoms with Gasteiger partial charge < -0.3 is 20.1 Å². The van der Waals surface area contributed by atoms with Crippen LogP contribution in [0, 0.1) is 0 Å². The molecule has 0 spiro atoms. The van der Waals surface area contributed by atoms with Crippen LogP contribution in [0.4, 0.5) is 0 Å². The zero-order valence-electron chi connectivity index (χ0n) is 8.43. The quantitative estimate of drug-likeness (QED) is 0.699. The Kier molecular flexibility index (Phi) is 3.34. The minimum atomic E-state index is -1.27. The summed E-state index contributed by atoms with van der Waals surface area (Å²) in [4.78, 5) is 21.4. The fourth-order valence-corrected chi connectivity index (χ4v) is 1.37. The standard InChI is InChI=1S/C10H10O6/c1-16-9-6(4-8(12)13)5(10(14)15)2-3-7(9)11/h2-3,11H,4H2,1H3,(H,12,13)(H,14,15). The van der Waals surface area contributed by atoms with E-state index in [4.69, 9.17) is 14.9 Å². The number of aromatic carboxylic acids is 1. The molecular formula is C10H10O6. The molecule has 6 nitrogen and oxygen atoms in total. The molecule has 0 aromatic heterocycles. The van der Waals surface area contributed by atoms with Crippen LogP contribution in [0.25, 0.3) is 0 Å². The number of phenolic OH excluding ortho intramolecular Hbond substituents is 1. The van der Waals surface area contributed by atoms with Crippen LogP contribution in [0.2, 0.25) is 0 Å². The molecule has 86 valence electrons. The van der Waals surface area contributed by atoms with E-state index in [0.29, 0.717) is 0 Å². The van der Waals surface area contributed by atoms with Gasteiger partial charge in [-0.2, -0.15) is 0 Å². The first-order chi connectivity index (χ1) is 7.47. The lowest BCUT2D eigenvalue weighted by molar-refractivity contribution is -0.136. The monoisotopic (exact) mass is 226 g/mol. The van der Waals surface area contributed by atoms with Gasteiger partial charge in [0.1, 0.15) is 0 Å². The predicted molar refractivity (Wildman–Crippen MR) is 53.0 cm³/mol. The van der Waals surface area contributed by atoms with Gasteiger partial charge in [0.25, 0.3) is 0 Å². The van der Waals surface area contributed by atoms with Gasteiger partial charge in [-0.25, -0.2) is 4.79 Å². The molecule has 3 N–H and O–H groups in total. The number of hydrogen-bond donors (Lipinski definition) is 3. The second kappa shape index (κ2) is 4.52. The van der Waals surface area contributed by atoms with Crippen LogP contribution in [0.5, 0.6) is 11.5 Å². The number of rotatable bonds is 4. The summed E-state index contributed by atoms with van der Waals surface area (Å²) in [7, 11) is 1.23. The molecule has 0 heterocycles. The fourth-order valence-electron chi connectivity index (χ4n) is 1.37. The Hall–Kier alpha value is -2.24. The third-order valence-electron chi connectivity index (χ3n) is 2.00. The van der Waals surface area contributed by atoms with Crippen LogP contribution in [-0.2, 0) is 11.2 Å². The van der Waals surface area contributed by atoms with Gasteiger partial charge in [0.05, 0.1) is 19.1 Å². The maximum absolute atomic E-state index is 10.9. The van der Waals surface area contributed by atoms with E-state index in [1.54, 1.807) is 0 Å². The van der Waals surface area contributed by atoms with E-state index in [2.05, 4.69) is 0 Å². The van der Waals surface area contributed by atoms with Crippen molar-refractivity contribution >= 4 is 11.9 Å². The van der Waals surface area contributed by atoms with Gasteiger partial charge in [-0.15, -0.1) is 0 Å². The normalized spacial score (nSPS) is 9.81. The first kappa shape index (κ1) is 11.8. The van der Waals surface area contributed by atoms with E-state index in [-0.39, 0.29) is 22.6 Å². The first-order valence-corrected chi connectivity index (χ1v) is 4.31. The van der Waals surface area contributed by atoms with Crippen LogP contribution in [0.3, 0.4) is 0 Å². The number of ether oxygens (including phenoxy) is 1. The molecule has 0 radical (unpaired) electrons. The molecule has 6 heteroatoms. The summed E-state index contributed by atoms with van der Waals surface area (Å²) < 4.78 is 4.79. The van der Waals surface area contributed by atoms with Crippen molar-refractivity contribution in [1.29, 1.82) is 0 Å². The highest BCUT2D eigenvalue weighted by Gasteiger charge is 2.20. The van der Waals surface area contributed by atoms with Gasteiger partial charge in [-0.3, -0.25) is 4.79 Å². The molecular weight excluding hydrogens is 216 g/mol. The summed E-state index contributed by atoms with van der Waals surface area (Å²) in [5.74, 6) is -2.88. The van der Waals surface area contributed by atoms with Crippen molar-refractivity contribution < 1.29 is 29.6 Å². The lowest BCUT2D eigenvalue weighted by atomic mass is 10.0. The van der Waals surface area contributed by atoms with Crippen molar-refractivity contribution in [2.75, 3.05) is 7.11 Å². The van der Waals surface area contributed by atoms with Crippen LogP contribution < -0.4 is 4.74 Å². The summed E-state index contributed by atoms with van der Waals surface area (Å²) in [5.41, 5.74) is -0.250. The average Bonchev–Trinajstić information content (AvgIpc) is 2.16. The van der Waals surface area contributed by atoms with Crippen molar-refractivity contribution in [3.8, 4) is 11.5 Å². The van der Waals surface area contributed by atoms with Crippen LogP contribution in [0.1, 0.15) is 15.9 Å². The molecule has 1 aromatic rings. The van der Waals surface area contributed by atoms with E-state index in [0.717, 1.165) is 12.1 Å². The predicted octanol–water partition coefficient (Wildman–Crippen LogP) is 0.726. The third-order valence-corrected chi connectivity index (χ3v) is 2.00. The lowest BCUT2D eigenvalue weighted by Gasteiger charge is -2.11. The van der Waals surface area contributed by atoms with Crippen LogP contribution >= 0.6 is 0 Å². The summed E-state index contributed by atoms with van der Waals surface area (Å²) >= 11 is 0. The molecule has 0 fully saturated rings. The highest BCUT2D eigenvalue weighted by molar-refractivity contribution is 5.92. The van der Waals surface area contributed by atoms with Crippen molar-refractivity contribution in [1.82, 2.24) is 0 Å². The Bertz CT molecular complexity index is 437. The van der Waals surface area contributed by atoms with Gasteiger partial charge in [-0.05, 0) is 12.1 Å². The maximum Gasteiger partial charge on any atom is 0.336 e. The molecule has 0 aliphatic carbocycles. The average molecular weight is 226 g/mol. The van der Waals surface area contributed by atoms with E-state index >= 15 is 0 Å². The van der Waals surface area contributed by atoms with Gasteiger partial charge >= 0.3 is 11.9 Å². The highest BCUT2D eigenvalue weighted by Crippen LogP contribution is 2.32. The van der Waals surface area contributed by atoms with Gasteiger partial charge in [0.15, 0.2) is 11.5 Å². The first-order valence-electron chi connectivity index (χ1n) is 4.31. The molecule has 0 amide bonds. The molecule has 0 aliphatic heterocycles. The Morgan fingerprint density at radius 2 is 1.94 bits per heavy atom. The number of aliphatic carboxylic acids is 1. The van der Waals surface area contributed by atoms with Gasteiger partial charge in [-0.1, -0.05) is 0 Å². The van der Waals surface area contributed by atoms with E-state index in [1.807, 2.05) is 0 Å². The zero-order chi connectivity index (χ0) is 12.3. The Morgan fingerprint density at radius 1 is 1.31 bits per heavy atom. The maximum atomic E-state index is 10.9. The second-order valence-corrected chi connectivity index (χ2v) is 3.02. The minimum Gasteiger partial charge on any atom is -0.504 e. The lowest BCUT2D eigenvalue weighted by Crippen LogP contribution is -2.09. The number of carboxylic acids is 2. The molecule has 0 saturated heterocycles. The summed E-state index contributed by atoms with van der Waals surface area (Å²) in [6, 6.07) is 2.28. The number of aromatic hydroxyl groups is 1.